The van der Waals surface area contributed by atoms with Gasteiger partial charge in [0.25, 0.3) is 0 Å². The summed E-state index contributed by atoms with van der Waals surface area (Å²) < 4.78 is 0. The molecular weight excluding hydrogens is 404 g/mol. The van der Waals surface area contributed by atoms with Crippen LogP contribution in [0.3, 0.4) is 0 Å². The number of amides is 2. The van der Waals surface area contributed by atoms with Gasteiger partial charge in [-0.3, -0.25) is 9.59 Å². The molecule has 4 nitrogen and oxygen atoms in total. The van der Waals surface area contributed by atoms with Crippen molar-refractivity contribution in [3.05, 3.63) is 71.8 Å². The number of hydrogen-bond donors (Lipinski definition) is 1. The molecule has 0 aliphatic heterocycles. The number of carbonyl (C=O) groups excluding carboxylic acids is 2. The smallest absolute Gasteiger partial charge is 0.243 e. The standard InChI is InChI=1S/C26H36N2O2S/c1-4-21(3)27-26(30)24(5-2)28(18-16-22-12-8-6-9-13-22)25(29)17-19-31-20-23-14-10-7-11-15-23/h6-15,21,24H,4-5,16-20H2,1-3H3,(H,27,30). The third kappa shape index (κ3) is 8.78. The Morgan fingerprint density at radius 3 is 2.13 bits per heavy atom. The maximum atomic E-state index is 13.2. The van der Waals surface area contributed by atoms with Crippen molar-refractivity contribution in [3.8, 4) is 0 Å². The van der Waals surface area contributed by atoms with Gasteiger partial charge in [-0.15, -0.1) is 0 Å². The fraction of sp³-hybridized carbons (Fsp3) is 0.462. The van der Waals surface area contributed by atoms with Crippen LogP contribution in [-0.2, 0) is 21.8 Å². The van der Waals surface area contributed by atoms with E-state index < -0.39 is 6.04 Å². The number of rotatable bonds is 13. The van der Waals surface area contributed by atoms with Gasteiger partial charge in [-0.05, 0) is 37.3 Å². The second-order valence-electron chi connectivity index (χ2n) is 7.85. The van der Waals surface area contributed by atoms with Gasteiger partial charge in [-0.25, -0.2) is 0 Å². The van der Waals surface area contributed by atoms with Crippen molar-refractivity contribution in [2.24, 2.45) is 0 Å². The molecule has 1 N–H and O–H groups in total. The number of benzene rings is 2. The van der Waals surface area contributed by atoms with Crippen LogP contribution in [0.25, 0.3) is 0 Å². The zero-order valence-corrected chi connectivity index (χ0v) is 19.9. The number of thioether (sulfide) groups is 1. The molecule has 0 aliphatic rings. The van der Waals surface area contributed by atoms with E-state index in [0.717, 1.165) is 24.3 Å². The first kappa shape index (κ1) is 25.0. The molecule has 168 valence electrons. The fourth-order valence-electron chi connectivity index (χ4n) is 3.40. The molecule has 0 saturated carbocycles. The van der Waals surface area contributed by atoms with Crippen molar-refractivity contribution in [1.82, 2.24) is 10.2 Å². The maximum absolute atomic E-state index is 13.2. The summed E-state index contributed by atoms with van der Waals surface area (Å²) in [5, 5.41) is 3.06. The van der Waals surface area contributed by atoms with Crippen LogP contribution in [-0.4, -0.2) is 41.1 Å². The Kier molecular flexibility index (Phi) is 11.2. The molecule has 5 heteroatoms. The maximum Gasteiger partial charge on any atom is 0.243 e. The van der Waals surface area contributed by atoms with E-state index in [1.54, 1.807) is 16.7 Å². The predicted molar refractivity (Wildman–Crippen MR) is 131 cm³/mol. The van der Waals surface area contributed by atoms with E-state index in [-0.39, 0.29) is 17.9 Å². The summed E-state index contributed by atoms with van der Waals surface area (Å²) in [4.78, 5) is 27.9. The van der Waals surface area contributed by atoms with Gasteiger partial charge in [0, 0.05) is 30.5 Å². The second kappa shape index (κ2) is 13.9. The summed E-state index contributed by atoms with van der Waals surface area (Å²) in [5.41, 5.74) is 2.44. The zero-order valence-electron chi connectivity index (χ0n) is 19.0. The Labute approximate surface area is 191 Å². The minimum Gasteiger partial charge on any atom is -0.352 e. The Morgan fingerprint density at radius 1 is 0.935 bits per heavy atom. The van der Waals surface area contributed by atoms with Gasteiger partial charge >= 0.3 is 0 Å². The lowest BCUT2D eigenvalue weighted by Crippen LogP contribution is -2.51. The Bertz CT molecular complexity index is 783. The largest absolute Gasteiger partial charge is 0.352 e. The molecule has 2 aromatic carbocycles. The highest BCUT2D eigenvalue weighted by Gasteiger charge is 2.28. The molecule has 2 amide bonds. The van der Waals surface area contributed by atoms with Gasteiger partial charge in [0.15, 0.2) is 0 Å². The highest BCUT2D eigenvalue weighted by Crippen LogP contribution is 2.16. The average Bonchev–Trinajstić information content (AvgIpc) is 2.80. The number of carbonyl (C=O) groups is 2. The topological polar surface area (TPSA) is 49.4 Å². The van der Waals surface area contributed by atoms with Gasteiger partial charge in [0.2, 0.25) is 11.8 Å². The predicted octanol–water partition coefficient (Wildman–Crippen LogP) is 5.07. The van der Waals surface area contributed by atoms with Crippen LogP contribution in [0.2, 0.25) is 0 Å². The SMILES string of the molecule is CCC(C)NC(=O)C(CC)N(CCc1ccccc1)C(=O)CCSCc1ccccc1. The van der Waals surface area contributed by atoms with Crippen LogP contribution in [0.5, 0.6) is 0 Å². The van der Waals surface area contributed by atoms with Crippen LogP contribution in [0.15, 0.2) is 60.7 Å². The fourth-order valence-corrected chi connectivity index (χ4v) is 4.30. The third-order valence-electron chi connectivity index (χ3n) is 5.44. The van der Waals surface area contributed by atoms with E-state index >= 15 is 0 Å². The highest BCUT2D eigenvalue weighted by atomic mass is 32.2. The summed E-state index contributed by atoms with van der Waals surface area (Å²) in [7, 11) is 0. The molecule has 0 bridgehead atoms. The molecule has 2 atom stereocenters. The first-order chi connectivity index (χ1) is 15.0. The van der Waals surface area contributed by atoms with Gasteiger partial charge in [0.1, 0.15) is 6.04 Å². The van der Waals surface area contributed by atoms with Crippen LogP contribution < -0.4 is 5.32 Å². The highest BCUT2D eigenvalue weighted by molar-refractivity contribution is 7.98. The monoisotopic (exact) mass is 440 g/mol. The number of hydrogen-bond acceptors (Lipinski definition) is 3. The van der Waals surface area contributed by atoms with Crippen molar-refractivity contribution >= 4 is 23.6 Å². The molecule has 0 radical (unpaired) electrons. The van der Waals surface area contributed by atoms with E-state index in [1.165, 1.54) is 11.1 Å². The Balaban J connectivity index is 2.00. The number of nitrogens with one attached hydrogen (secondary N) is 1. The zero-order chi connectivity index (χ0) is 22.5. The van der Waals surface area contributed by atoms with E-state index in [4.69, 9.17) is 0 Å². The second-order valence-corrected chi connectivity index (χ2v) is 8.96. The Hall–Kier alpha value is -2.27. The first-order valence-electron chi connectivity index (χ1n) is 11.3. The molecule has 0 aromatic heterocycles. The van der Waals surface area contributed by atoms with Crippen LogP contribution in [0.1, 0.15) is 51.2 Å². The van der Waals surface area contributed by atoms with Crippen molar-refractivity contribution in [1.29, 1.82) is 0 Å². The number of nitrogens with zero attached hydrogens (tertiary/aromatic N) is 1. The normalized spacial score (nSPS) is 12.7. The summed E-state index contributed by atoms with van der Waals surface area (Å²) >= 11 is 1.76. The van der Waals surface area contributed by atoms with Crippen LogP contribution in [0, 0.1) is 0 Å². The molecule has 31 heavy (non-hydrogen) atoms. The minimum absolute atomic E-state index is 0.0461. The lowest BCUT2D eigenvalue weighted by atomic mass is 10.1. The van der Waals surface area contributed by atoms with Crippen LogP contribution in [0.4, 0.5) is 0 Å². The molecule has 2 unspecified atom stereocenters. The molecule has 0 fully saturated rings. The van der Waals surface area contributed by atoms with Crippen molar-refractivity contribution in [3.63, 3.8) is 0 Å². The first-order valence-corrected chi connectivity index (χ1v) is 12.5. The van der Waals surface area contributed by atoms with Gasteiger partial charge in [-0.1, -0.05) is 74.5 Å². The lowest BCUT2D eigenvalue weighted by molar-refractivity contribution is -0.140. The Morgan fingerprint density at radius 2 is 1.55 bits per heavy atom. The molecule has 0 heterocycles. The molecule has 0 saturated heterocycles. The molecular formula is C26H36N2O2S. The van der Waals surface area contributed by atoms with Gasteiger partial charge < -0.3 is 10.2 Å². The summed E-state index contributed by atoms with van der Waals surface area (Å²) in [6, 6.07) is 20.1. The third-order valence-corrected chi connectivity index (χ3v) is 6.47. The van der Waals surface area contributed by atoms with E-state index in [0.29, 0.717) is 19.4 Å². The summed E-state index contributed by atoms with van der Waals surface area (Å²) in [6.45, 7) is 6.58. The minimum atomic E-state index is -0.427. The molecule has 0 spiro atoms. The van der Waals surface area contributed by atoms with E-state index in [2.05, 4.69) is 29.6 Å². The summed E-state index contributed by atoms with van der Waals surface area (Å²) in [6.07, 6.45) is 2.67. The van der Waals surface area contributed by atoms with Crippen molar-refractivity contribution in [2.45, 2.75) is 64.3 Å². The molecule has 2 rings (SSSR count). The van der Waals surface area contributed by atoms with E-state index in [1.807, 2.05) is 57.2 Å². The average molecular weight is 441 g/mol. The summed E-state index contributed by atoms with van der Waals surface area (Å²) in [5.74, 6) is 1.65. The molecule has 0 aliphatic carbocycles. The van der Waals surface area contributed by atoms with E-state index in [9.17, 15) is 9.59 Å². The van der Waals surface area contributed by atoms with Crippen LogP contribution >= 0.6 is 11.8 Å². The van der Waals surface area contributed by atoms with Crippen molar-refractivity contribution in [2.75, 3.05) is 12.3 Å². The molecule has 2 aromatic rings. The quantitative estimate of drug-likeness (QED) is 0.442. The lowest BCUT2D eigenvalue weighted by Gasteiger charge is -2.31. The van der Waals surface area contributed by atoms with Gasteiger partial charge in [0.05, 0.1) is 0 Å². The van der Waals surface area contributed by atoms with Crippen molar-refractivity contribution < 1.29 is 9.59 Å². The van der Waals surface area contributed by atoms with Gasteiger partial charge in [-0.2, -0.15) is 11.8 Å².